The Morgan fingerprint density at radius 3 is 2.15 bits per heavy atom. The fourth-order valence-corrected chi connectivity index (χ4v) is 5.49. The highest BCUT2D eigenvalue weighted by Gasteiger charge is 2.34. The van der Waals surface area contributed by atoms with Gasteiger partial charge in [-0.3, -0.25) is 13.9 Å². The van der Waals surface area contributed by atoms with E-state index in [2.05, 4.69) is 5.32 Å². The first-order valence-corrected chi connectivity index (χ1v) is 14.5. The highest BCUT2D eigenvalue weighted by molar-refractivity contribution is 7.92. The van der Waals surface area contributed by atoms with Crippen molar-refractivity contribution in [1.29, 1.82) is 0 Å². The zero-order valence-electron chi connectivity index (χ0n) is 23.8. The molecule has 0 aliphatic rings. The lowest BCUT2D eigenvalue weighted by Crippen LogP contribution is -2.51. The van der Waals surface area contributed by atoms with Gasteiger partial charge in [-0.15, -0.1) is 0 Å². The maximum atomic E-state index is 14.7. The maximum absolute atomic E-state index is 14.7. The van der Waals surface area contributed by atoms with Crippen LogP contribution in [0.3, 0.4) is 0 Å². The molecule has 3 aromatic carbocycles. The standard InChI is InChI=1S/C30H36FN3O6S/c1-21(2)18-32-30(36)22(3)33(19-23-10-6-7-11-26(23)31)29(35)20-34(27-12-8-9-13-28(27)40-5)41(37,38)25-16-14-24(39-4)15-17-25/h6-17,21-22H,18-20H2,1-5H3,(H,32,36)/t22-/m0/s1. The van der Waals surface area contributed by atoms with Gasteiger partial charge >= 0.3 is 0 Å². The summed E-state index contributed by atoms with van der Waals surface area (Å²) in [6, 6.07) is 17.0. The number of amides is 2. The molecule has 3 rings (SSSR count). The number of nitrogens with zero attached hydrogens (tertiary/aromatic N) is 2. The van der Waals surface area contributed by atoms with E-state index < -0.39 is 40.2 Å². The number of carbonyl (C=O) groups excluding carboxylic acids is 2. The highest BCUT2D eigenvalue weighted by Crippen LogP contribution is 2.33. The largest absolute Gasteiger partial charge is 0.497 e. The van der Waals surface area contributed by atoms with Crippen LogP contribution >= 0.6 is 0 Å². The van der Waals surface area contributed by atoms with E-state index in [1.807, 2.05) is 13.8 Å². The summed E-state index contributed by atoms with van der Waals surface area (Å²) in [6.45, 7) is 4.85. The third-order valence-corrected chi connectivity index (χ3v) is 8.20. The van der Waals surface area contributed by atoms with Gasteiger partial charge in [0, 0.05) is 18.7 Å². The summed E-state index contributed by atoms with van der Waals surface area (Å²) in [5, 5.41) is 2.80. The Kier molecular flexibility index (Phi) is 10.7. The van der Waals surface area contributed by atoms with Crippen LogP contribution in [0.2, 0.25) is 0 Å². The lowest BCUT2D eigenvalue weighted by molar-refractivity contribution is -0.139. The molecule has 1 atom stereocenters. The molecule has 1 N–H and O–H groups in total. The monoisotopic (exact) mass is 585 g/mol. The molecule has 41 heavy (non-hydrogen) atoms. The minimum atomic E-state index is -4.31. The Morgan fingerprint density at radius 2 is 1.54 bits per heavy atom. The van der Waals surface area contributed by atoms with Gasteiger partial charge in [0.05, 0.1) is 24.8 Å². The number of sulfonamides is 1. The number of ether oxygens (including phenoxy) is 2. The molecule has 0 spiro atoms. The normalized spacial score (nSPS) is 12.0. The van der Waals surface area contributed by atoms with Crippen molar-refractivity contribution in [3.63, 3.8) is 0 Å². The predicted octanol–water partition coefficient (Wildman–Crippen LogP) is 4.23. The van der Waals surface area contributed by atoms with E-state index >= 15 is 0 Å². The van der Waals surface area contributed by atoms with Gasteiger partial charge in [-0.25, -0.2) is 12.8 Å². The molecule has 2 amide bonds. The summed E-state index contributed by atoms with van der Waals surface area (Å²) < 4.78 is 54.1. The molecule has 0 aromatic heterocycles. The number of hydrogen-bond acceptors (Lipinski definition) is 6. The van der Waals surface area contributed by atoms with Crippen molar-refractivity contribution < 1.29 is 31.9 Å². The maximum Gasteiger partial charge on any atom is 0.264 e. The van der Waals surface area contributed by atoms with E-state index in [1.54, 1.807) is 24.3 Å². The number of para-hydroxylation sites is 2. The van der Waals surface area contributed by atoms with Crippen LogP contribution in [0.15, 0.2) is 77.7 Å². The van der Waals surface area contributed by atoms with Gasteiger partial charge in [-0.1, -0.05) is 44.2 Å². The third-order valence-electron chi connectivity index (χ3n) is 6.43. The minimum absolute atomic E-state index is 0.0830. The molecular formula is C30H36FN3O6S. The number of nitrogens with one attached hydrogen (secondary N) is 1. The fraction of sp³-hybridized carbons (Fsp3) is 0.333. The van der Waals surface area contributed by atoms with E-state index in [-0.39, 0.29) is 34.4 Å². The van der Waals surface area contributed by atoms with Crippen molar-refractivity contribution >= 4 is 27.5 Å². The first kappa shape index (κ1) is 31.4. The van der Waals surface area contributed by atoms with Crippen LogP contribution in [-0.2, 0) is 26.2 Å². The molecule has 0 aliphatic heterocycles. The average molecular weight is 586 g/mol. The molecule has 0 aliphatic carbocycles. The highest BCUT2D eigenvalue weighted by atomic mass is 32.2. The van der Waals surface area contributed by atoms with Crippen LogP contribution in [0.5, 0.6) is 11.5 Å². The van der Waals surface area contributed by atoms with Crippen LogP contribution in [0.1, 0.15) is 26.3 Å². The fourth-order valence-electron chi connectivity index (χ4n) is 4.07. The summed E-state index contributed by atoms with van der Waals surface area (Å²) in [4.78, 5) is 28.1. The van der Waals surface area contributed by atoms with Gasteiger partial charge in [0.15, 0.2) is 0 Å². The molecule has 0 fully saturated rings. The zero-order chi connectivity index (χ0) is 30.2. The summed E-state index contributed by atoms with van der Waals surface area (Å²) in [5.74, 6) is -0.847. The first-order chi connectivity index (χ1) is 19.5. The van der Waals surface area contributed by atoms with Crippen LogP contribution < -0.4 is 19.1 Å². The molecule has 0 radical (unpaired) electrons. The molecule has 0 bridgehead atoms. The van der Waals surface area contributed by atoms with Crippen molar-refractivity contribution in [3.8, 4) is 11.5 Å². The van der Waals surface area contributed by atoms with E-state index in [4.69, 9.17) is 9.47 Å². The van der Waals surface area contributed by atoms with Crippen LogP contribution in [-0.4, -0.2) is 58.5 Å². The van der Waals surface area contributed by atoms with Gasteiger partial charge in [0.1, 0.15) is 29.9 Å². The topological polar surface area (TPSA) is 105 Å². The summed E-state index contributed by atoms with van der Waals surface area (Å²) in [5.41, 5.74) is 0.313. The predicted molar refractivity (Wildman–Crippen MR) is 155 cm³/mol. The number of anilines is 1. The number of rotatable bonds is 13. The molecule has 220 valence electrons. The van der Waals surface area contributed by atoms with Crippen LogP contribution in [0, 0.1) is 11.7 Å². The number of hydrogen-bond donors (Lipinski definition) is 1. The lowest BCUT2D eigenvalue weighted by Gasteiger charge is -2.32. The Labute approximate surface area is 240 Å². The van der Waals surface area contributed by atoms with E-state index in [0.29, 0.717) is 12.3 Å². The molecule has 9 nitrogen and oxygen atoms in total. The quantitative estimate of drug-likeness (QED) is 0.322. The Bertz CT molecular complexity index is 1450. The molecule has 0 unspecified atom stereocenters. The van der Waals surface area contributed by atoms with Crippen LogP contribution in [0.4, 0.5) is 10.1 Å². The van der Waals surface area contributed by atoms with Crippen molar-refractivity contribution in [3.05, 3.63) is 84.2 Å². The third kappa shape index (κ3) is 7.75. The van der Waals surface area contributed by atoms with E-state index in [9.17, 15) is 22.4 Å². The molecular weight excluding hydrogens is 549 g/mol. The van der Waals surface area contributed by atoms with Crippen molar-refractivity contribution in [2.45, 2.75) is 38.3 Å². The second-order valence-corrected chi connectivity index (χ2v) is 11.6. The van der Waals surface area contributed by atoms with Gasteiger partial charge in [-0.2, -0.15) is 0 Å². The SMILES string of the molecule is COc1ccc(S(=O)(=O)N(CC(=O)N(Cc2ccccc2F)[C@@H](C)C(=O)NCC(C)C)c2ccccc2OC)cc1. The number of methoxy groups -OCH3 is 2. The summed E-state index contributed by atoms with van der Waals surface area (Å²) in [6.07, 6.45) is 0. The van der Waals surface area contributed by atoms with Crippen molar-refractivity contribution in [2.75, 3.05) is 31.6 Å². The number of carbonyl (C=O) groups is 2. The van der Waals surface area contributed by atoms with E-state index in [1.165, 1.54) is 74.6 Å². The molecule has 0 saturated heterocycles. The summed E-state index contributed by atoms with van der Waals surface area (Å²) >= 11 is 0. The average Bonchev–Trinajstić information content (AvgIpc) is 2.97. The van der Waals surface area contributed by atoms with Gasteiger partial charge in [0.25, 0.3) is 10.0 Å². The summed E-state index contributed by atoms with van der Waals surface area (Å²) in [7, 11) is -1.46. The zero-order valence-corrected chi connectivity index (χ0v) is 24.7. The number of benzene rings is 3. The number of halogens is 1. The molecule has 3 aromatic rings. The lowest BCUT2D eigenvalue weighted by atomic mass is 10.1. The van der Waals surface area contributed by atoms with E-state index in [0.717, 1.165) is 4.31 Å². The van der Waals surface area contributed by atoms with Crippen molar-refractivity contribution in [2.24, 2.45) is 5.92 Å². The Morgan fingerprint density at radius 1 is 0.902 bits per heavy atom. The van der Waals surface area contributed by atoms with Crippen molar-refractivity contribution in [1.82, 2.24) is 10.2 Å². The minimum Gasteiger partial charge on any atom is -0.497 e. The first-order valence-electron chi connectivity index (χ1n) is 13.1. The molecule has 0 heterocycles. The van der Waals surface area contributed by atoms with Gasteiger partial charge in [-0.05, 0) is 55.3 Å². The second kappa shape index (κ2) is 14.0. The second-order valence-electron chi connectivity index (χ2n) is 9.79. The Hall–Kier alpha value is -4.12. The smallest absolute Gasteiger partial charge is 0.264 e. The van der Waals surface area contributed by atoms with Gasteiger partial charge < -0.3 is 19.7 Å². The van der Waals surface area contributed by atoms with Gasteiger partial charge in [0.2, 0.25) is 11.8 Å². The molecule has 0 saturated carbocycles. The Balaban J connectivity index is 2.06. The van der Waals surface area contributed by atoms with Crippen LogP contribution in [0.25, 0.3) is 0 Å². The molecule has 11 heteroatoms.